The van der Waals surface area contributed by atoms with Crippen LogP contribution in [0.4, 0.5) is 0 Å². The monoisotopic (exact) mass is 442 g/mol. The van der Waals surface area contributed by atoms with Crippen LogP contribution in [0.5, 0.6) is 0 Å². The van der Waals surface area contributed by atoms with Crippen molar-refractivity contribution in [1.82, 2.24) is 20.4 Å². The van der Waals surface area contributed by atoms with Crippen LogP contribution < -0.4 is 10.6 Å². The SMILES string of the molecule is CC1CCCCN1CCCCNCc1ccc(CNCCCCN2CCCCC2C)cc1. The highest BCUT2D eigenvalue weighted by molar-refractivity contribution is 5.22. The van der Waals surface area contributed by atoms with Crippen LogP contribution in [0.3, 0.4) is 0 Å². The number of hydrogen-bond acceptors (Lipinski definition) is 4. The first kappa shape index (κ1) is 25.7. The molecule has 2 fully saturated rings. The number of hydrogen-bond donors (Lipinski definition) is 2. The first-order chi connectivity index (χ1) is 15.7. The van der Waals surface area contributed by atoms with Crippen LogP contribution in [0.15, 0.2) is 24.3 Å². The minimum atomic E-state index is 0.799. The fraction of sp³-hybridized carbons (Fsp3) is 0.786. The number of benzene rings is 1. The van der Waals surface area contributed by atoms with Gasteiger partial charge in [-0.05, 0) is 116 Å². The molecule has 2 atom stereocenters. The van der Waals surface area contributed by atoms with Crippen molar-refractivity contribution in [3.05, 3.63) is 35.4 Å². The molecule has 2 N–H and O–H groups in total. The molecule has 1 aromatic carbocycles. The summed E-state index contributed by atoms with van der Waals surface area (Å²) in [5.74, 6) is 0. The van der Waals surface area contributed by atoms with Crippen molar-refractivity contribution in [3.8, 4) is 0 Å². The van der Waals surface area contributed by atoms with Crippen molar-refractivity contribution in [2.24, 2.45) is 0 Å². The number of unbranched alkanes of at least 4 members (excludes halogenated alkanes) is 2. The fourth-order valence-corrected chi connectivity index (χ4v) is 5.35. The van der Waals surface area contributed by atoms with Gasteiger partial charge in [0.2, 0.25) is 0 Å². The Morgan fingerprint density at radius 1 is 0.656 bits per heavy atom. The summed E-state index contributed by atoms with van der Waals surface area (Å²) in [6.45, 7) is 14.2. The largest absolute Gasteiger partial charge is 0.313 e. The van der Waals surface area contributed by atoms with E-state index in [9.17, 15) is 0 Å². The highest BCUT2D eigenvalue weighted by atomic mass is 15.2. The molecule has 2 heterocycles. The molecule has 1 aromatic rings. The van der Waals surface area contributed by atoms with E-state index >= 15 is 0 Å². The number of piperidine rings is 2. The molecule has 32 heavy (non-hydrogen) atoms. The van der Waals surface area contributed by atoms with E-state index in [0.717, 1.165) is 38.3 Å². The number of nitrogens with one attached hydrogen (secondary N) is 2. The van der Waals surface area contributed by atoms with E-state index in [-0.39, 0.29) is 0 Å². The smallest absolute Gasteiger partial charge is 0.0205 e. The maximum atomic E-state index is 3.63. The molecule has 0 spiro atoms. The summed E-state index contributed by atoms with van der Waals surface area (Å²) in [4.78, 5) is 5.37. The molecule has 182 valence electrons. The molecule has 0 radical (unpaired) electrons. The van der Waals surface area contributed by atoms with Crippen LogP contribution in [0.25, 0.3) is 0 Å². The van der Waals surface area contributed by atoms with Crippen LogP contribution >= 0.6 is 0 Å². The third-order valence-electron chi connectivity index (χ3n) is 7.66. The Kier molecular flexibility index (Phi) is 12.1. The number of nitrogens with zero attached hydrogens (tertiary/aromatic N) is 2. The minimum Gasteiger partial charge on any atom is -0.313 e. The summed E-state index contributed by atoms with van der Waals surface area (Å²) in [6.07, 6.45) is 13.6. The van der Waals surface area contributed by atoms with E-state index in [1.165, 1.54) is 102 Å². The van der Waals surface area contributed by atoms with Crippen LogP contribution in [0, 0.1) is 0 Å². The first-order valence-corrected chi connectivity index (χ1v) is 13.7. The van der Waals surface area contributed by atoms with Crippen molar-refractivity contribution in [2.45, 2.75) is 103 Å². The maximum Gasteiger partial charge on any atom is 0.0205 e. The van der Waals surface area contributed by atoms with Gasteiger partial charge in [0.25, 0.3) is 0 Å². The molecule has 4 nitrogen and oxygen atoms in total. The lowest BCUT2D eigenvalue weighted by atomic mass is 10.0. The van der Waals surface area contributed by atoms with Crippen molar-refractivity contribution < 1.29 is 0 Å². The Labute approximate surface area is 198 Å². The van der Waals surface area contributed by atoms with Gasteiger partial charge in [0, 0.05) is 25.2 Å². The lowest BCUT2D eigenvalue weighted by molar-refractivity contribution is 0.158. The van der Waals surface area contributed by atoms with Crippen molar-refractivity contribution >= 4 is 0 Å². The van der Waals surface area contributed by atoms with Gasteiger partial charge in [-0.15, -0.1) is 0 Å². The van der Waals surface area contributed by atoms with Crippen LogP contribution in [-0.2, 0) is 13.1 Å². The van der Waals surface area contributed by atoms with E-state index < -0.39 is 0 Å². The predicted octanol–water partition coefficient (Wildman–Crippen LogP) is 5.18. The molecular formula is C28H50N4. The highest BCUT2D eigenvalue weighted by Crippen LogP contribution is 2.17. The first-order valence-electron chi connectivity index (χ1n) is 13.7. The van der Waals surface area contributed by atoms with E-state index in [1.54, 1.807) is 0 Å². The molecule has 2 unspecified atom stereocenters. The third kappa shape index (κ3) is 9.51. The lowest BCUT2D eigenvalue weighted by Gasteiger charge is -2.33. The molecule has 0 aliphatic carbocycles. The topological polar surface area (TPSA) is 30.5 Å². The second-order valence-electron chi connectivity index (χ2n) is 10.3. The van der Waals surface area contributed by atoms with Crippen LogP contribution in [0.1, 0.15) is 89.2 Å². The average molecular weight is 443 g/mol. The van der Waals surface area contributed by atoms with Gasteiger partial charge in [-0.25, -0.2) is 0 Å². The van der Waals surface area contributed by atoms with Crippen LogP contribution in [0.2, 0.25) is 0 Å². The Bertz CT molecular complexity index is 549. The quantitative estimate of drug-likeness (QED) is 0.389. The highest BCUT2D eigenvalue weighted by Gasteiger charge is 2.17. The standard InChI is InChI=1S/C28H50N4/c1-25-11-3-7-19-31(25)21-9-5-17-29-23-27-13-15-28(16-14-27)24-30-18-6-10-22-32-20-8-4-12-26(32)2/h13-16,25-26,29-30H,3-12,17-24H2,1-2H3. The predicted molar refractivity (Wildman–Crippen MR) is 138 cm³/mol. The summed E-state index contributed by atoms with van der Waals surface area (Å²) in [5.41, 5.74) is 2.79. The van der Waals surface area contributed by atoms with Gasteiger partial charge in [0.15, 0.2) is 0 Å². The molecule has 3 rings (SSSR count). The molecule has 0 amide bonds. The van der Waals surface area contributed by atoms with Gasteiger partial charge in [-0.2, -0.15) is 0 Å². The van der Waals surface area contributed by atoms with E-state index in [4.69, 9.17) is 0 Å². The third-order valence-corrected chi connectivity index (χ3v) is 7.66. The van der Waals surface area contributed by atoms with Gasteiger partial charge in [-0.3, -0.25) is 0 Å². The normalized spacial score (nSPS) is 22.9. The minimum absolute atomic E-state index is 0.799. The molecule has 2 aliphatic rings. The zero-order valence-electron chi connectivity index (χ0n) is 21.1. The Hall–Kier alpha value is -0.940. The Morgan fingerprint density at radius 2 is 1.09 bits per heavy atom. The Balaban J connectivity index is 1.17. The van der Waals surface area contributed by atoms with Gasteiger partial charge < -0.3 is 20.4 Å². The summed E-state index contributed by atoms with van der Waals surface area (Å²) >= 11 is 0. The molecule has 2 saturated heterocycles. The van der Waals surface area contributed by atoms with Gasteiger partial charge in [0.1, 0.15) is 0 Å². The van der Waals surface area contributed by atoms with Crippen molar-refractivity contribution in [3.63, 3.8) is 0 Å². The summed E-state index contributed by atoms with van der Waals surface area (Å²) in [7, 11) is 0. The number of rotatable bonds is 14. The second-order valence-corrected chi connectivity index (χ2v) is 10.3. The fourth-order valence-electron chi connectivity index (χ4n) is 5.35. The van der Waals surface area contributed by atoms with Crippen LogP contribution in [-0.4, -0.2) is 61.2 Å². The van der Waals surface area contributed by atoms with Gasteiger partial charge in [-0.1, -0.05) is 37.1 Å². The van der Waals surface area contributed by atoms with Gasteiger partial charge in [0.05, 0.1) is 0 Å². The van der Waals surface area contributed by atoms with E-state index in [2.05, 4.69) is 58.5 Å². The zero-order valence-corrected chi connectivity index (χ0v) is 21.1. The summed E-state index contributed by atoms with van der Waals surface area (Å²) in [5, 5.41) is 7.26. The van der Waals surface area contributed by atoms with Gasteiger partial charge >= 0.3 is 0 Å². The zero-order chi connectivity index (χ0) is 22.4. The Morgan fingerprint density at radius 3 is 1.50 bits per heavy atom. The maximum absolute atomic E-state index is 3.63. The van der Waals surface area contributed by atoms with E-state index in [0.29, 0.717) is 0 Å². The molecule has 0 saturated carbocycles. The molecule has 0 bridgehead atoms. The second kappa shape index (κ2) is 15.1. The average Bonchev–Trinajstić information content (AvgIpc) is 2.81. The molecular weight excluding hydrogens is 392 g/mol. The van der Waals surface area contributed by atoms with E-state index in [1.807, 2.05) is 0 Å². The lowest BCUT2D eigenvalue weighted by Crippen LogP contribution is -2.38. The summed E-state index contributed by atoms with van der Waals surface area (Å²) in [6, 6.07) is 10.8. The van der Waals surface area contributed by atoms with Crippen molar-refractivity contribution in [1.29, 1.82) is 0 Å². The molecule has 0 aromatic heterocycles. The summed E-state index contributed by atoms with van der Waals surface area (Å²) < 4.78 is 0. The van der Waals surface area contributed by atoms with Crippen molar-refractivity contribution in [2.75, 3.05) is 39.3 Å². The molecule has 2 aliphatic heterocycles. The number of likely N-dealkylation sites (tertiary alicyclic amines) is 2. The molecule has 4 heteroatoms.